The molecule has 0 spiro atoms. The summed E-state index contributed by atoms with van der Waals surface area (Å²) in [6, 6.07) is 10.6. The lowest BCUT2D eigenvalue weighted by Gasteiger charge is -2.33. The van der Waals surface area contributed by atoms with Crippen LogP contribution in [0.2, 0.25) is 0 Å². The summed E-state index contributed by atoms with van der Waals surface area (Å²) in [7, 11) is 0. The van der Waals surface area contributed by atoms with E-state index in [4.69, 9.17) is 0 Å². The largest absolute Gasteiger partial charge is 0.371 e. The standard InChI is InChI=1S/C15H18N4O/c20-15(14-10-16-11-17-14)18-12-6-8-19(9-7-12)13-4-2-1-3-5-13/h1-5,10-12H,6-9H2,(H,16,17)(H,18,20). The number of H-pyrrole nitrogens is 1. The van der Waals surface area contributed by atoms with E-state index in [0.29, 0.717) is 5.69 Å². The fraction of sp³-hybridized carbons (Fsp3) is 0.333. The molecule has 20 heavy (non-hydrogen) atoms. The van der Waals surface area contributed by atoms with Crippen molar-refractivity contribution in [3.05, 3.63) is 48.5 Å². The molecule has 1 fully saturated rings. The van der Waals surface area contributed by atoms with E-state index in [-0.39, 0.29) is 11.9 Å². The van der Waals surface area contributed by atoms with Crippen LogP contribution in [0, 0.1) is 0 Å². The molecule has 0 aliphatic carbocycles. The Hall–Kier alpha value is -2.30. The van der Waals surface area contributed by atoms with Crippen LogP contribution in [0.15, 0.2) is 42.9 Å². The number of rotatable bonds is 3. The number of carbonyl (C=O) groups is 1. The van der Waals surface area contributed by atoms with E-state index < -0.39 is 0 Å². The van der Waals surface area contributed by atoms with Gasteiger partial charge in [-0.3, -0.25) is 4.79 Å². The highest BCUT2D eigenvalue weighted by Crippen LogP contribution is 2.19. The number of aromatic amines is 1. The van der Waals surface area contributed by atoms with Crippen molar-refractivity contribution in [2.24, 2.45) is 0 Å². The van der Waals surface area contributed by atoms with Crippen LogP contribution in [0.25, 0.3) is 0 Å². The molecule has 5 heteroatoms. The predicted octanol–water partition coefficient (Wildman–Crippen LogP) is 1.81. The molecule has 0 saturated carbocycles. The normalized spacial score (nSPS) is 16.1. The van der Waals surface area contributed by atoms with Crippen LogP contribution in [-0.2, 0) is 0 Å². The summed E-state index contributed by atoms with van der Waals surface area (Å²) in [6.45, 7) is 1.94. The van der Waals surface area contributed by atoms with Gasteiger partial charge < -0.3 is 15.2 Å². The second-order valence-electron chi connectivity index (χ2n) is 5.04. The number of hydrogen-bond acceptors (Lipinski definition) is 3. The number of anilines is 1. The van der Waals surface area contributed by atoms with Crippen molar-refractivity contribution in [3.63, 3.8) is 0 Å². The minimum absolute atomic E-state index is 0.0688. The third-order valence-corrected chi connectivity index (χ3v) is 3.69. The third-order valence-electron chi connectivity index (χ3n) is 3.69. The zero-order chi connectivity index (χ0) is 13.8. The molecule has 0 atom stereocenters. The van der Waals surface area contributed by atoms with E-state index >= 15 is 0 Å². The van der Waals surface area contributed by atoms with Gasteiger partial charge in [0.2, 0.25) is 0 Å². The number of para-hydroxylation sites is 1. The van der Waals surface area contributed by atoms with E-state index in [1.807, 2.05) is 6.07 Å². The lowest BCUT2D eigenvalue weighted by atomic mass is 10.0. The van der Waals surface area contributed by atoms with Crippen molar-refractivity contribution in [1.82, 2.24) is 15.3 Å². The first-order valence-corrected chi connectivity index (χ1v) is 6.92. The van der Waals surface area contributed by atoms with E-state index in [2.05, 4.69) is 44.5 Å². The van der Waals surface area contributed by atoms with Gasteiger partial charge in [0, 0.05) is 24.8 Å². The molecule has 0 radical (unpaired) electrons. The Bertz CT molecular complexity index is 545. The van der Waals surface area contributed by atoms with Gasteiger partial charge in [-0.1, -0.05) is 18.2 Å². The molecule has 1 aromatic heterocycles. The average molecular weight is 270 g/mol. The summed E-state index contributed by atoms with van der Waals surface area (Å²) in [5, 5.41) is 3.06. The minimum Gasteiger partial charge on any atom is -0.371 e. The Labute approximate surface area is 118 Å². The highest BCUT2D eigenvalue weighted by atomic mass is 16.1. The van der Waals surface area contributed by atoms with E-state index in [9.17, 15) is 4.79 Å². The zero-order valence-electron chi connectivity index (χ0n) is 11.2. The molecule has 2 heterocycles. The van der Waals surface area contributed by atoms with Crippen molar-refractivity contribution < 1.29 is 4.79 Å². The molecule has 104 valence electrons. The zero-order valence-corrected chi connectivity index (χ0v) is 11.2. The number of amides is 1. The van der Waals surface area contributed by atoms with Crippen LogP contribution in [0.4, 0.5) is 5.69 Å². The van der Waals surface area contributed by atoms with Crippen LogP contribution < -0.4 is 10.2 Å². The van der Waals surface area contributed by atoms with Crippen LogP contribution >= 0.6 is 0 Å². The van der Waals surface area contributed by atoms with E-state index in [1.165, 1.54) is 12.0 Å². The molecule has 1 saturated heterocycles. The SMILES string of the molecule is O=C(NC1CCN(c2ccccc2)CC1)c1cnc[nH]1. The Morgan fingerprint density at radius 2 is 2.00 bits per heavy atom. The second kappa shape index (κ2) is 5.77. The van der Waals surface area contributed by atoms with Crippen LogP contribution in [0.5, 0.6) is 0 Å². The summed E-state index contributed by atoms with van der Waals surface area (Å²) < 4.78 is 0. The molecular weight excluding hydrogens is 252 g/mol. The first-order chi connectivity index (χ1) is 9.83. The molecule has 1 aromatic carbocycles. The molecule has 1 aliphatic rings. The molecule has 3 rings (SSSR count). The Balaban J connectivity index is 1.53. The van der Waals surface area contributed by atoms with E-state index in [0.717, 1.165) is 25.9 Å². The van der Waals surface area contributed by atoms with Gasteiger partial charge in [-0.25, -0.2) is 4.98 Å². The minimum atomic E-state index is -0.0688. The molecule has 1 amide bonds. The number of hydrogen-bond donors (Lipinski definition) is 2. The Morgan fingerprint density at radius 3 is 2.65 bits per heavy atom. The molecule has 5 nitrogen and oxygen atoms in total. The van der Waals surface area contributed by atoms with Gasteiger partial charge in [-0.2, -0.15) is 0 Å². The number of nitrogens with one attached hydrogen (secondary N) is 2. The van der Waals surface area contributed by atoms with Crippen molar-refractivity contribution in [3.8, 4) is 0 Å². The summed E-state index contributed by atoms with van der Waals surface area (Å²) >= 11 is 0. The van der Waals surface area contributed by atoms with Gasteiger partial charge in [0.05, 0.1) is 12.5 Å². The second-order valence-corrected chi connectivity index (χ2v) is 5.04. The Kier molecular flexibility index (Phi) is 3.67. The highest BCUT2D eigenvalue weighted by molar-refractivity contribution is 5.92. The fourth-order valence-corrected chi connectivity index (χ4v) is 2.56. The lowest BCUT2D eigenvalue weighted by Crippen LogP contribution is -2.44. The number of nitrogens with zero attached hydrogens (tertiary/aromatic N) is 2. The maximum Gasteiger partial charge on any atom is 0.269 e. The van der Waals surface area contributed by atoms with E-state index in [1.54, 1.807) is 6.20 Å². The quantitative estimate of drug-likeness (QED) is 0.894. The monoisotopic (exact) mass is 270 g/mol. The number of aromatic nitrogens is 2. The predicted molar refractivity (Wildman–Crippen MR) is 77.7 cm³/mol. The highest BCUT2D eigenvalue weighted by Gasteiger charge is 2.21. The first-order valence-electron chi connectivity index (χ1n) is 6.92. The molecule has 2 N–H and O–H groups in total. The van der Waals surface area contributed by atoms with Crippen molar-refractivity contribution in [1.29, 1.82) is 0 Å². The molecule has 1 aliphatic heterocycles. The third kappa shape index (κ3) is 2.82. The molecule has 2 aromatic rings. The van der Waals surface area contributed by atoms with Gasteiger partial charge >= 0.3 is 0 Å². The average Bonchev–Trinajstić information content (AvgIpc) is 3.03. The van der Waals surface area contributed by atoms with Gasteiger partial charge in [0.15, 0.2) is 0 Å². The maximum absolute atomic E-state index is 11.9. The van der Waals surface area contributed by atoms with Gasteiger partial charge in [-0.15, -0.1) is 0 Å². The van der Waals surface area contributed by atoms with Gasteiger partial charge in [0.1, 0.15) is 5.69 Å². The topological polar surface area (TPSA) is 61.0 Å². The van der Waals surface area contributed by atoms with Crippen LogP contribution in [-0.4, -0.2) is 35.0 Å². The number of benzene rings is 1. The Morgan fingerprint density at radius 1 is 1.25 bits per heavy atom. The van der Waals surface area contributed by atoms with Gasteiger partial charge in [-0.05, 0) is 25.0 Å². The molecule has 0 unspecified atom stereocenters. The number of imidazole rings is 1. The lowest BCUT2D eigenvalue weighted by molar-refractivity contribution is 0.0926. The summed E-state index contributed by atoms with van der Waals surface area (Å²) in [6.07, 6.45) is 5.00. The summed E-state index contributed by atoms with van der Waals surface area (Å²) in [5.74, 6) is -0.0688. The van der Waals surface area contributed by atoms with Crippen LogP contribution in [0.1, 0.15) is 23.3 Å². The van der Waals surface area contributed by atoms with Crippen molar-refractivity contribution in [2.45, 2.75) is 18.9 Å². The summed E-state index contributed by atoms with van der Waals surface area (Å²) in [5.41, 5.74) is 1.78. The van der Waals surface area contributed by atoms with Gasteiger partial charge in [0.25, 0.3) is 5.91 Å². The fourth-order valence-electron chi connectivity index (χ4n) is 2.56. The van der Waals surface area contributed by atoms with Crippen molar-refractivity contribution in [2.75, 3.05) is 18.0 Å². The molecular formula is C15H18N4O. The number of carbonyl (C=O) groups excluding carboxylic acids is 1. The molecule has 0 bridgehead atoms. The van der Waals surface area contributed by atoms with Crippen molar-refractivity contribution >= 4 is 11.6 Å². The first kappa shape index (κ1) is 12.7. The maximum atomic E-state index is 11.9. The van der Waals surface area contributed by atoms with Crippen LogP contribution in [0.3, 0.4) is 0 Å². The number of piperidine rings is 1. The summed E-state index contributed by atoms with van der Waals surface area (Å²) in [4.78, 5) is 21.0. The smallest absolute Gasteiger partial charge is 0.269 e.